The zero-order valence-electron chi connectivity index (χ0n) is 17.2. The minimum atomic E-state index is -3.99. The first-order chi connectivity index (χ1) is 14.8. The largest absolute Gasteiger partial charge is 0.507 e. The first-order valence-corrected chi connectivity index (χ1v) is 11.0. The summed E-state index contributed by atoms with van der Waals surface area (Å²) in [5.41, 5.74) is 4.76. The van der Waals surface area contributed by atoms with E-state index in [2.05, 4.69) is 10.5 Å². The standard InChI is InChI=1S/C23H23N3O4S/c1-17-12-13-18(2)21(14-17)26(31(29,30)20-9-4-3-5-10-20)16-23(28)25-24-15-19-8-6-7-11-22(19)27/h3-15,27H,16H2,1-2H3,(H,25,28)/b24-15+. The van der Waals surface area contributed by atoms with Crippen molar-refractivity contribution in [3.63, 3.8) is 0 Å². The van der Waals surface area contributed by atoms with Gasteiger partial charge in [-0.15, -0.1) is 0 Å². The maximum atomic E-state index is 13.3. The number of hydrogen-bond donors (Lipinski definition) is 2. The summed E-state index contributed by atoms with van der Waals surface area (Å²) < 4.78 is 27.8. The molecule has 0 bridgehead atoms. The quantitative estimate of drug-likeness (QED) is 0.437. The summed E-state index contributed by atoms with van der Waals surface area (Å²) in [5.74, 6) is -0.601. The van der Waals surface area contributed by atoms with Crippen LogP contribution in [0.15, 0.2) is 82.8 Å². The number of phenolic OH excluding ortho intramolecular Hbond substituents is 1. The van der Waals surface area contributed by atoms with Crippen LogP contribution in [-0.4, -0.2) is 32.2 Å². The molecule has 0 unspecified atom stereocenters. The van der Waals surface area contributed by atoms with Crippen LogP contribution in [-0.2, 0) is 14.8 Å². The fourth-order valence-electron chi connectivity index (χ4n) is 2.94. The maximum absolute atomic E-state index is 13.3. The van der Waals surface area contributed by atoms with Crippen LogP contribution in [0.3, 0.4) is 0 Å². The number of aromatic hydroxyl groups is 1. The lowest BCUT2D eigenvalue weighted by atomic mass is 10.1. The number of hydrogen-bond acceptors (Lipinski definition) is 5. The number of rotatable bonds is 7. The van der Waals surface area contributed by atoms with Gasteiger partial charge >= 0.3 is 0 Å². The van der Waals surface area contributed by atoms with Gasteiger partial charge < -0.3 is 5.11 Å². The lowest BCUT2D eigenvalue weighted by Gasteiger charge is -2.25. The van der Waals surface area contributed by atoms with Crippen molar-refractivity contribution < 1.29 is 18.3 Å². The van der Waals surface area contributed by atoms with E-state index in [1.165, 1.54) is 24.4 Å². The Morgan fingerprint density at radius 2 is 1.71 bits per heavy atom. The Bertz CT molecular complexity index is 1210. The minimum Gasteiger partial charge on any atom is -0.507 e. The molecule has 7 nitrogen and oxygen atoms in total. The Balaban J connectivity index is 1.89. The molecule has 8 heteroatoms. The highest BCUT2D eigenvalue weighted by molar-refractivity contribution is 7.92. The Labute approximate surface area is 181 Å². The molecule has 2 N–H and O–H groups in total. The molecule has 0 saturated heterocycles. The number of para-hydroxylation sites is 1. The Morgan fingerprint density at radius 3 is 2.42 bits per heavy atom. The van der Waals surface area contributed by atoms with E-state index >= 15 is 0 Å². The van der Waals surface area contributed by atoms with Gasteiger partial charge in [-0.3, -0.25) is 9.10 Å². The van der Waals surface area contributed by atoms with Gasteiger partial charge in [0.25, 0.3) is 15.9 Å². The van der Waals surface area contributed by atoms with Crippen molar-refractivity contribution in [2.45, 2.75) is 18.7 Å². The van der Waals surface area contributed by atoms with Crippen LogP contribution in [0.4, 0.5) is 5.69 Å². The summed E-state index contributed by atoms with van der Waals surface area (Å²) >= 11 is 0. The first-order valence-electron chi connectivity index (χ1n) is 9.54. The molecule has 3 rings (SSSR count). The Kier molecular flexibility index (Phi) is 6.71. The van der Waals surface area contributed by atoms with Gasteiger partial charge in [-0.25, -0.2) is 13.8 Å². The maximum Gasteiger partial charge on any atom is 0.264 e. The molecule has 0 radical (unpaired) electrons. The minimum absolute atomic E-state index is 0.0177. The number of carbonyl (C=O) groups excluding carboxylic acids is 1. The van der Waals surface area contributed by atoms with Gasteiger partial charge in [0, 0.05) is 5.56 Å². The number of anilines is 1. The zero-order valence-corrected chi connectivity index (χ0v) is 18.0. The summed E-state index contributed by atoms with van der Waals surface area (Å²) in [6, 6.07) is 19.9. The van der Waals surface area contributed by atoms with Crippen molar-refractivity contribution in [1.29, 1.82) is 0 Å². The predicted octanol–water partition coefficient (Wildman–Crippen LogP) is 3.35. The third-order valence-corrected chi connectivity index (χ3v) is 6.36. The molecule has 0 aliphatic heterocycles. The van der Waals surface area contributed by atoms with Crippen LogP contribution in [0.1, 0.15) is 16.7 Å². The molecule has 0 aromatic heterocycles. The smallest absolute Gasteiger partial charge is 0.264 e. The van der Waals surface area contributed by atoms with Crippen LogP contribution in [0.2, 0.25) is 0 Å². The second-order valence-electron chi connectivity index (χ2n) is 6.97. The highest BCUT2D eigenvalue weighted by atomic mass is 32.2. The normalized spacial score (nSPS) is 11.4. The van der Waals surface area contributed by atoms with Gasteiger partial charge in [-0.2, -0.15) is 5.10 Å². The monoisotopic (exact) mass is 437 g/mol. The van der Waals surface area contributed by atoms with Crippen LogP contribution < -0.4 is 9.73 Å². The van der Waals surface area contributed by atoms with Gasteiger partial charge in [0.15, 0.2) is 0 Å². The summed E-state index contributed by atoms with van der Waals surface area (Å²) in [6.07, 6.45) is 1.29. The molecule has 0 atom stereocenters. The lowest BCUT2D eigenvalue weighted by molar-refractivity contribution is -0.119. The van der Waals surface area contributed by atoms with Crippen molar-refractivity contribution in [3.8, 4) is 5.75 Å². The SMILES string of the molecule is Cc1ccc(C)c(N(CC(=O)N/N=C/c2ccccc2O)S(=O)(=O)c2ccccc2)c1. The fraction of sp³-hybridized carbons (Fsp3) is 0.130. The molecule has 0 aliphatic rings. The number of phenols is 1. The summed E-state index contributed by atoms with van der Waals surface area (Å²) in [5, 5.41) is 13.6. The van der Waals surface area contributed by atoms with E-state index in [9.17, 15) is 18.3 Å². The van der Waals surface area contributed by atoms with Gasteiger partial charge in [-0.05, 0) is 55.3 Å². The van der Waals surface area contributed by atoms with E-state index in [1.807, 2.05) is 19.1 Å². The molecule has 0 fully saturated rings. The molecular formula is C23H23N3O4S. The average molecular weight is 438 g/mol. The van der Waals surface area contributed by atoms with Crippen molar-refractivity contribution in [3.05, 3.63) is 89.5 Å². The van der Waals surface area contributed by atoms with Crippen molar-refractivity contribution in [2.24, 2.45) is 5.10 Å². The van der Waals surface area contributed by atoms with E-state index in [4.69, 9.17) is 0 Å². The third kappa shape index (κ3) is 5.29. The molecule has 0 saturated carbocycles. The molecule has 31 heavy (non-hydrogen) atoms. The Hall–Kier alpha value is -3.65. The number of hydrazone groups is 1. The van der Waals surface area contributed by atoms with Crippen molar-refractivity contribution in [2.75, 3.05) is 10.8 Å². The molecule has 1 amide bonds. The molecule has 160 valence electrons. The van der Waals surface area contributed by atoms with Crippen molar-refractivity contribution >= 4 is 27.8 Å². The van der Waals surface area contributed by atoms with Crippen LogP contribution in [0.25, 0.3) is 0 Å². The molecular weight excluding hydrogens is 414 g/mol. The summed E-state index contributed by atoms with van der Waals surface area (Å²) in [6.45, 7) is 3.18. The summed E-state index contributed by atoms with van der Waals surface area (Å²) in [4.78, 5) is 12.7. The molecule has 0 spiro atoms. The van der Waals surface area contributed by atoms with Crippen LogP contribution in [0.5, 0.6) is 5.75 Å². The number of benzene rings is 3. The third-order valence-electron chi connectivity index (χ3n) is 4.58. The van der Waals surface area contributed by atoms with Gasteiger partial charge in [0.1, 0.15) is 12.3 Å². The average Bonchev–Trinajstić information content (AvgIpc) is 2.76. The highest BCUT2D eigenvalue weighted by Crippen LogP contribution is 2.27. The van der Waals surface area contributed by atoms with Gasteiger partial charge in [0.2, 0.25) is 0 Å². The Morgan fingerprint density at radius 1 is 1.03 bits per heavy atom. The number of sulfonamides is 1. The zero-order chi connectivity index (χ0) is 22.4. The van der Waals surface area contributed by atoms with E-state index in [-0.39, 0.29) is 10.6 Å². The van der Waals surface area contributed by atoms with Crippen molar-refractivity contribution in [1.82, 2.24) is 5.43 Å². The van der Waals surface area contributed by atoms with Gasteiger partial charge in [-0.1, -0.05) is 42.5 Å². The second-order valence-corrected chi connectivity index (χ2v) is 8.83. The van der Waals surface area contributed by atoms with E-state index < -0.39 is 22.5 Å². The second kappa shape index (κ2) is 9.44. The highest BCUT2D eigenvalue weighted by Gasteiger charge is 2.28. The van der Waals surface area contributed by atoms with Gasteiger partial charge in [0.05, 0.1) is 16.8 Å². The van der Waals surface area contributed by atoms with Crippen LogP contribution in [0, 0.1) is 13.8 Å². The van der Waals surface area contributed by atoms with E-state index in [1.54, 1.807) is 49.4 Å². The number of nitrogens with zero attached hydrogens (tertiary/aromatic N) is 2. The fourth-order valence-corrected chi connectivity index (χ4v) is 4.44. The molecule has 0 aliphatic carbocycles. The predicted molar refractivity (Wildman–Crippen MR) is 121 cm³/mol. The molecule has 3 aromatic rings. The first kappa shape index (κ1) is 22.0. The lowest BCUT2D eigenvalue weighted by Crippen LogP contribution is -2.40. The topological polar surface area (TPSA) is 99.1 Å². The number of aryl methyl sites for hydroxylation is 2. The summed E-state index contributed by atoms with van der Waals surface area (Å²) in [7, 11) is -3.99. The number of carbonyl (C=O) groups is 1. The molecule has 3 aromatic carbocycles. The number of nitrogens with one attached hydrogen (secondary N) is 1. The van der Waals surface area contributed by atoms with E-state index in [0.717, 1.165) is 15.4 Å². The molecule has 0 heterocycles. The van der Waals surface area contributed by atoms with E-state index in [0.29, 0.717) is 11.3 Å². The number of amides is 1. The van der Waals surface area contributed by atoms with Crippen LogP contribution >= 0.6 is 0 Å².